The van der Waals surface area contributed by atoms with Crippen molar-refractivity contribution in [1.82, 2.24) is 17.6 Å². The van der Waals surface area contributed by atoms with E-state index in [2.05, 4.69) is 481 Å². The summed E-state index contributed by atoms with van der Waals surface area (Å²) in [6.45, 7) is 18.6. The molecule has 0 spiro atoms. The molecular formula is C122H94N8. The van der Waals surface area contributed by atoms with Crippen molar-refractivity contribution < 1.29 is 0 Å². The lowest BCUT2D eigenvalue weighted by atomic mass is 9.78. The van der Waals surface area contributed by atoms with Crippen LogP contribution in [0.2, 0.25) is 0 Å². The van der Waals surface area contributed by atoms with E-state index in [1.54, 1.807) is 0 Å². The molecule has 1 atom stereocenters. The molecule has 0 aliphatic heterocycles. The van der Waals surface area contributed by atoms with Gasteiger partial charge in [-0.1, -0.05) is 274 Å². The third-order valence-electron chi connectivity index (χ3n) is 29.2. The molecule has 0 aliphatic rings. The van der Waals surface area contributed by atoms with Crippen molar-refractivity contribution in [2.45, 2.75) is 90.9 Å². The van der Waals surface area contributed by atoms with E-state index < -0.39 is 0 Å². The first kappa shape index (κ1) is 75.7. The van der Waals surface area contributed by atoms with E-state index in [0.717, 1.165) is 81.1 Å². The van der Waals surface area contributed by atoms with Crippen LogP contribution in [0.15, 0.2) is 388 Å². The molecular weight excluding hydrogens is 1580 g/mol. The topological polar surface area (TPSA) is 30.6 Å². The lowest BCUT2D eigenvalue weighted by molar-refractivity contribution is 0.439. The summed E-state index contributed by atoms with van der Waals surface area (Å²) in [5.41, 5.74) is 33.4. The second-order valence-corrected chi connectivity index (χ2v) is 38.4. The molecule has 622 valence electrons. The fourth-order valence-electron chi connectivity index (χ4n) is 22.5. The zero-order chi connectivity index (χ0) is 86.8. The van der Waals surface area contributed by atoms with Gasteiger partial charge in [-0.3, -0.25) is 0 Å². The molecule has 8 heteroatoms. The summed E-state index contributed by atoms with van der Waals surface area (Å²) in [5.74, 6) is 0.773. The summed E-state index contributed by atoms with van der Waals surface area (Å²) in [4.78, 5) is 9.68. The van der Waals surface area contributed by atoms with Gasteiger partial charge in [0, 0.05) is 154 Å². The van der Waals surface area contributed by atoms with Crippen molar-refractivity contribution in [3.63, 3.8) is 0 Å². The van der Waals surface area contributed by atoms with Crippen LogP contribution in [0.5, 0.6) is 0 Å². The molecule has 18 aromatic carbocycles. The first-order valence-electron chi connectivity index (χ1n) is 46.1. The molecule has 0 saturated carbocycles. The molecule has 26 aromatic rings. The maximum atomic E-state index is 2.57. The second kappa shape index (κ2) is 28.4. The summed E-state index contributed by atoms with van der Waals surface area (Å²) in [5, 5.41) is 20.1. The van der Waals surface area contributed by atoms with Gasteiger partial charge >= 0.3 is 0 Å². The molecule has 0 fully saturated rings. The molecule has 8 nitrogen and oxygen atoms in total. The van der Waals surface area contributed by atoms with Gasteiger partial charge in [-0.2, -0.15) is 0 Å². The standard InChI is InChI=1S/C122H94N8/c1-75(2)77-41-49-85(50-42-77)123(81-25-13-9-14-26-81)89-57-61-93-97-33-21-37-101-105-72-114-106(71-113(105)127(117(97)101)109(93)67-89)102-38-22-34-98-94-62-58-90(68-110(94)128(114)118(98)102)124(82-27-15-10-16-28-82)86-51-43-78(44-52-86)76(3)65-66-122(7,8)80-47-55-88(56-48-80)126(84-31-19-12-20-32-84)92-60-64-96-100-36-24-40-104-108-73-115-107(74-116(108)130(120(100)104)112(96)70-92)103-39-23-35-99-95-63-59-91(69-111(95)129(115)119(99)103)125(83-29-17-11-18-30-83)87-53-45-79(46-54-87)121(4,5)6/h9-64,67-76H,65-66H2,1-8H3. The molecule has 26 rings (SSSR count). The van der Waals surface area contributed by atoms with Crippen LogP contribution in [0.4, 0.5) is 68.2 Å². The van der Waals surface area contributed by atoms with E-state index in [1.807, 2.05) is 0 Å². The Balaban J connectivity index is 0.503. The highest BCUT2D eigenvalue weighted by Gasteiger charge is 2.31. The average molecular weight is 1670 g/mol. The summed E-state index contributed by atoms with van der Waals surface area (Å²) in [7, 11) is 0. The number of benzene rings is 18. The Labute approximate surface area is 754 Å². The first-order chi connectivity index (χ1) is 63.6. The molecule has 8 aromatic heterocycles. The number of fused-ring (bicyclic) bond motifs is 24. The smallest absolute Gasteiger partial charge is 0.0620 e. The number of para-hydroxylation sites is 8. The molecule has 0 radical (unpaired) electrons. The lowest BCUT2D eigenvalue weighted by Crippen LogP contribution is -2.18. The van der Waals surface area contributed by atoms with Crippen LogP contribution in [0, 0.1) is 0 Å². The second-order valence-electron chi connectivity index (χ2n) is 38.4. The zero-order valence-corrected chi connectivity index (χ0v) is 74.1. The number of hydrogen-bond donors (Lipinski definition) is 0. The minimum absolute atomic E-state index is 0.0467. The van der Waals surface area contributed by atoms with Crippen molar-refractivity contribution in [1.29, 1.82) is 0 Å². The number of rotatable bonds is 18. The van der Waals surface area contributed by atoms with E-state index >= 15 is 0 Å². The molecule has 0 saturated heterocycles. The van der Waals surface area contributed by atoms with Gasteiger partial charge in [0.2, 0.25) is 0 Å². The summed E-state index contributed by atoms with van der Waals surface area (Å²) in [6.07, 6.45) is 2.05. The summed E-state index contributed by atoms with van der Waals surface area (Å²) >= 11 is 0. The van der Waals surface area contributed by atoms with Crippen molar-refractivity contribution in [3.05, 3.63) is 411 Å². The SMILES string of the molecule is CC(C)c1ccc(N(c2ccccc2)c2ccc3c4cccc5c6cc7c(cc6n(c3c2)c45)c2cccc3c4ccc(N(c5ccccc5)c5ccc(C(C)CCC(C)(C)c6ccc(N(c8ccccc8)c8ccc9c%10cccc%11c%12cc%13c(cc%12n(c9c8)c%10%11)c8cccc9c%10ccc(N(c%11ccccc%11)c%11ccc(C(C)(C)C)cc%11)cc%10n%13c98)cc6)cc5)cc4n7c32)cc1. The van der Waals surface area contributed by atoms with E-state index in [1.165, 1.54) is 175 Å². The quantitative estimate of drug-likeness (QED) is 0.0857. The van der Waals surface area contributed by atoms with Crippen LogP contribution in [-0.4, -0.2) is 17.6 Å². The highest BCUT2D eigenvalue weighted by molar-refractivity contribution is 6.32. The van der Waals surface area contributed by atoms with Crippen LogP contribution in [0.1, 0.15) is 102 Å². The molecule has 0 amide bonds. The van der Waals surface area contributed by atoms with Crippen molar-refractivity contribution in [3.8, 4) is 0 Å². The number of hydrogen-bond acceptors (Lipinski definition) is 4. The fraction of sp³-hybridized carbons (Fsp3) is 0.115. The van der Waals surface area contributed by atoms with E-state index in [0.29, 0.717) is 11.8 Å². The minimum atomic E-state index is -0.0990. The molecule has 8 heterocycles. The van der Waals surface area contributed by atoms with Crippen molar-refractivity contribution >= 4 is 221 Å². The highest BCUT2D eigenvalue weighted by Crippen LogP contribution is 2.52. The van der Waals surface area contributed by atoms with Gasteiger partial charge in [0.15, 0.2) is 0 Å². The van der Waals surface area contributed by atoms with Crippen LogP contribution in [0.3, 0.4) is 0 Å². The summed E-state index contributed by atoms with van der Waals surface area (Å²) < 4.78 is 10.2. The Morgan fingerprint density at radius 2 is 0.438 bits per heavy atom. The Morgan fingerprint density at radius 1 is 0.208 bits per heavy atom. The Bertz CT molecular complexity index is 8950. The number of nitrogens with zero attached hydrogens (tertiary/aromatic N) is 8. The van der Waals surface area contributed by atoms with Gasteiger partial charge in [-0.15, -0.1) is 0 Å². The maximum Gasteiger partial charge on any atom is 0.0620 e. The van der Waals surface area contributed by atoms with Crippen LogP contribution in [-0.2, 0) is 10.8 Å². The molecule has 1 unspecified atom stereocenters. The lowest BCUT2D eigenvalue weighted by Gasteiger charge is -2.29. The monoisotopic (exact) mass is 1670 g/mol. The highest BCUT2D eigenvalue weighted by atomic mass is 15.2. The fourth-order valence-corrected chi connectivity index (χ4v) is 22.5. The van der Waals surface area contributed by atoms with E-state index in [-0.39, 0.29) is 10.8 Å². The summed E-state index contributed by atoms with van der Waals surface area (Å²) in [6, 6.07) is 147. The van der Waals surface area contributed by atoms with Gasteiger partial charge in [0.25, 0.3) is 0 Å². The number of aromatic nitrogens is 4. The first-order valence-corrected chi connectivity index (χ1v) is 46.1. The zero-order valence-electron chi connectivity index (χ0n) is 74.1. The Kier molecular flexibility index (Phi) is 16.5. The third-order valence-corrected chi connectivity index (χ3v) is 29.2. The largest absolute Gasteiger partial charge is 0.310 e. The molecule has 0 aliphatic carbocycles. The predicted molar refractivity (Wildman–Crippen MR) is 554 cm³/mol. The minimum Gasteiger partial charge on any atom is -0.310 e. The maximum absolute atomic E-state index is 2.57. The van der Waals surface area contributed by atoms with Crippen molar-refractivity contribution in [2.75, 3.05) is 19.6 Å². The Hall–Kier alpha value is -15.6. The van der Waals surface area contributed by atoms with E-state index in [9.17, 15) is 0 Å². The molecule has 130 heavy (non-hydrogen) atoms. The third kappa shape index (κ3) is 11.4. The van der Waals surface area contributed by atoms with Crippen LogP contribution < -0.4 is 19.6 Å². The normalized spacial score (nSPS) is 12.9. The van der Waals surface area contributed by atoms with Gasteiger partial charge in [-0.25, -0.2) is 0 Å². The van der Waals surface area contributed by atoms with Gasteiger partial charge < -0.3 is 37.2 Å². The predicted octanol–water partition coefficient (Wildman–Crippen LogP) is 34.4. The number of anilines is 12. The van der Waals surface area contributed by atoms with E-state index in [4.69, 9.17) is 0 Å². The van der Waals surface area contributed by atoms with Gasteiger partial charge in [-0.05, 0) is 228 Å². The van der Waals surface area contributed by atoms with Crippen LogP contribution in [0.25, 0.3) is 152 Å². The van der Waals surface area contributed by atoms with Crippen LogP contribution >= 0.6 is 0 Å². The average Bonchev–Trinajstić information content (AvgIpc) is 1.52. The molecule has 0 N–H and O–H groups in total. The molecule has 0 bridgehead atoms. The van der Waals surface area contributed by atoms with Gasteiger partial charge in [0.1, 0.15) is 0 Å². The van der Waals surface area contributed by atoms with Gasteiger partial charge in [0.05, 0.1) is 66.2 Å². The Morgan fingerprint density at radius 3 is 0.708 bits per heavy atom. The van der Waals surface area contributed by atoms with Crippen molar-refractivity contribution in [2.24, 2.45) is 0 Å².